The first-order valence-electron chi connectivity index (χ1n) is 4.90. The van der Waals surface area contributed by atoms with Crippen molar-refractivity contribution < 1.29 is 14.8 Å². The normalized spacial score (nSPS) is 10.1. The lowest BCUT2D eigenvalue weighted by Gasteiger charge is -2.06. The number of hydrogen-bond donors (Lipinski definition) is 2. The number of pyridine rings is 1. The quantitative estimate of drug-likeness (QED) is 0.803. The van der Waals surface area contributed by atoms with E-state index < -0.39 is 7.12 Å². The van der Waals surface area contributed by atoms with E-state index in [9.17, 15) is 0 Å². The Bertz CT molecular complexity index is 504. The van der Waals surface area contributed by atoms with Crippen LogP contribution in [0.1, 0.15) is 0 Å². The molecule has 1 aromatic carbocycles. The number of hydrogen-bond acceptors (Lipinski definition) is 4. The standard InChI is InChI=1S/C11H9BClNO3/c13-8-1-3-9(4-2-8)17-10-5-6-14-11(7-10)12(15)16/h1-7,15-16H. The predicted octanol–water partition coefficient (Wildman–Crippen LogP) is 1.21. The molecule has 0 unspecified atom stereocenters. The van der Waals surface area contributed by atoms with Crippen molar-refractivity contribution in [2.75, 3.05) is 0 Å². The van der Waals surface area contributed by atoms with Gasteiger partial charge in [0.25, 0.3) is 0 Å². The van der Waals surface area contributed by atoms with E-state index in [0.29, 0.717) is 16.5 Å². The second-order valence-electron chi connectivity index (χ2n) is 3.35. The molecule has 2 N–H and O–H groups in total. The maximum Gasteiger partial charge on any atom is 0.508 e. The molecule has 6 heteroatoms. The third-order valence-electron chi connectivity index (χ3n) is 2.07. The Labute approximate surface area is 104 Å². The van der Waals surface area contributed by atoms with Crippen LogP contribution >= 0.6 is 11.6 Å². The largest absolute Gasteiger partial charge is 0.508 e. The Morgan fingerprint density at radius 1 is 1.06 bits per heavy atom. The van der Waals surface area contributed by atoms with Crippen molar-refractivity contribution in [1.29, 1.82) is 0 Å². The summed E-state index contributed by atoms with van der Waals surface area (Å²) in [5.41, 5.74) is 0.136. The monoisotopic (exact) mass is 249 g/mol. The summed E-state index contributed by atoms with van der Waals surface area (Å²) >= 11 is 5.75. The van der Waals surface area contributed by atoms with Gasteiger partial charge in [-0.05, 0) is 36.4 Å². The number of nitrogens with zero attached hydrogens (tertiary/aromatic N) is 1. The second kappa shape index (κ2) is 5.18. The smallest absolute Gasteiger partial charge is 0.457 e. The van der Waals surface area contributed by atoms with Crippen LogP contribution in [0.3, 0.4) is 0 Å². The fourth-order valence-corrected chi connectivity index (χ4v) is 1.40. The number of halogens is 1. The van der Waals surface area contributed by atoms with E-state index in [2.05, 4.69) is 4.98 Å². The van der Waals surface area contributed by atoms with Gasteiger partial charge in [-0.1, -0.05) is 11.6 Å². The zero-order valence-electron chi connectivity index (χ0n) is 8.75. The van der Waals surface area contributed by atoms with Crippen LogP contribution in [0.25, 0.3) is 0 Å². The minimum Gasteiger partial charge on any atom is -0.457 e. The van der Waals surface area contributed by atoms with Crippen LogP contribution in [-0.2, 0) is 0 Å². The molecule has 2 aromatic rings. The highest BCUT2D eigenvalue weighted by molar-refractivity contribution is 6.57. The summed E-state index contributed by atoms with van der Waals surface area (Å²) in [5, 5.41) is 18.6. The van der Waals surface area contributed by atoms with Gasteiger partial charge in [0.15, 0.2) is 0 Å². The minimum atomic E-state index is -1.61. The first-order valence-corrected chi connectivity index (χ1v) is 5.28. The van der Waals surface area contributed by atoms with Crippen molar-refractivity contribution in [2.24, 2.45) is 0 Å². The Balaban J connectivity index is 2.18. The van der Waals surface area contributed by atoms with Gasteiger partial charge >= 0.3 is 7.12 Å². The van der Waals surface area contributed by atoms with E-state index in [1.165, 1.54) is 12.3 Å². The lowest BCUT2D eigenvalue weighted by atomic mass is 9.86. The minimum absolute atomic E-state index is 0.136. The summed E-state index contributed by atoms with van der Waals surface area (Å²) in [6, 6.07) is 9.94. The molecule has 17 heavy (non-hydrogen) atoms. The summed E-state index contributed by atoms with van der Waals surface area (Å²) < 4.78 is 5.50. The molecule has 0 amide bonds. The Hall–Kier alpha value is -1.56. The van der Waals surface area contributed by atoms with Crippen molar-refractivity contribution in [1.82, 2.24) is 4.98 Å². The molecule has 4 nitrogen and oxygen atoms in total. The molecule has 1 aromatic heterocycles. The molecule has 1 heterocycles. The van der Waals surface area contributed by atoms with Crippen molar-refractivity contribution in [2.45, 2.75) is 0 Å². The average Bonchev–Trinajstić information content (AvgIpc) is 2.32. The van der Waals surface area contributed by atoms with Gasteiger partial charge in [0.1, 0.15) is 11.5 Å². The summed E-state index contributed by atoms with van der Waals surface area (Å²) in [5.74, 6) is 1.09. The van der Waals surface area contributed by atoms with E-state index in [1.807, 2.05) is 0 Å². The molecule has 0 radical (unpaired) electrons. The van der Waals surface area contributed by atoms with Gasteiger partial charge in [-0.25, -0.2) is 0 Å². The van der Waals surface area contributed by atoms with E-state index in [1.54, 1.807) is 30.3 Å². The van der Waals surface area contributed by atoms with Gasteiger partial charge in [-0.15, -0.1) is 0 Å². The number of rotatable bonds is 3. The average molecular weight is 249 g/mol. The molecule has 86 valence electrons. The van der Waals surface area contributed by atoms with Crippen molar-refractivity contribution >= 4 is 24.3 Å². The third kappa shape index (κ3) is 3.20. The molecule has 0 spiro atoms. The summed E-state index contributed by atoms with van der Waals surface area (Å²) in [4.78, 5) is 3.79. The van der Waals surface area contributed by atoms with Gasteiger partial charge < -0.3 is 14.8 Å². The Morgan fingerprint density at radius 3 is 2.41 bits per heavy atom. The van der Waals surface area contributed by atoms with Crippen LogP contribution in [0.4, 0.5) is 0 Å². The lowest BCUT2D eigenvalue weighted by Crippen LogP contribution is -2.32. The van der Waals surface area contributed by atoms with Gasteiger partial charge in [0.2, 0.25) is 0 Å². The zero-order chi connectivity index (χ0) is 12.3. The van der Waals surface area contributed by atoms with Crippen molar-refractivity contribution in [3.63, 3.8) is 0 Å². The van der Waals surface area contributed by atoms with E-state index in [0.717, 1.165) is 0 Å². The molecular formula is C11H9BClNO3. The fraction of sp³-hybridized carbons (Fsp3) is 0. The third-order valence-corrected chi connectivity index (χ3v) is 2.32. The maximum atomic E-state index is 8.97. The zero-order valence-corrected chi connectivity index (χ0v) is 9.50. The number of aromatic nitrogens is 1. The topological polar surface area (TPSA) is 62.6 Å². The van der Waals surface area contributed by atoms with Gasteiger partial charge in [0.05, 0.1) is 5.59 Å². The molecule has 0 aliphatic carbocycles. The van der Waals surface area contributed by atoms with Crippen LogP contribution in [0.2, 0.25) is 5.02 Å². The highest BCUT2D eigenvalue weighted by Gasteiger charge is 2.13. The van der Waals surface area contributed by atoms with E-state index in [-0.39, 0.29) is 5.59 Å². The second-order valence-corrected chi connectivity index (χ2v) is 3.78. The molecule has 0 saturated carbocycles. The summed E-state index contributed by atoms with van der Waals surface area (Å²) in [6.07, 6.45) is 1.44. The Morgan fingerprint density at radius 2 is 1.76 bits per heavy atom. The first kappa shape index (κ1) is 11.9. The summed E-state index contributed by atoms with van der Waals surface area (Å²) in [6.45, 7) is 0. The van der Waals surface area contributed by atoms with Crippen LogP contribution in [0.15, 0.2) is 42.6 Å². The molecular weight excluding hydrogens is 240 g/mol. The van der Waals surface area contributed by atoms with Crippen LogP contribution < -0.4 is 10.3 Å². The molecule has 0 fully saturated rings. The van der Waals surface area contributed by atoms with Crippen molar-refractivity contribution in [3.8, 4) is 11.5 Å². The lowest BCUT2D eigenvalue weighted by molar-refractivity contribution is 0.423. The molecule has 0 saturated heterocycles. The fourth-order valence-electron chi connectivity index (χ4n) is 1.27. The van der Waals surface area contributed by atoms with Crippen LogP contribution in [0, 0.1) is 0 Å². The number of benzene rings is 1. The van der Waals surface area contributed by atoms with E-state index in [4.69, 9.17) is 26.4 Å². The highest BCUT2D eigenvalue weighted by Crippen LogP contribution is 2.21. The van der Waals surface area contributed by atoms with Gasteiger partial charge in [-0.3, -0.25) is 4.98 Å². The SMILES string of the molecule is OB(O)c1cc(Oc2ccc(Cl)cc2)ccn1. The van der Waals surface area contributed by atoms with Gasteiger partial charge in [-0.2, -0.15) is 0 Å². The van der Waals surface area contributed by atoms with Crippen LogP contribution in [-0.4, -0.2) is 22.2 Å². The maximum absolute atomic E-state index is 8.97. The predicted molar refractivity (Wildman–Crippen MR) is 65.6 cm³/mol. The molecule has 0 aliphatic heterocycles. The summed E-state index contributed by atoms with van der Waals surface area (Å²) in [7, 11) is -1.61. The Kier molecular flexibility index (Phi) is 3.63. The molecule has 0 bridgehead atoms. The molecule has 0 atom stereocenters. The van der Waals surface area contributed by atoms with E-state index >= 15 is 0 Å². The highest BCUT2D eigenvalue weighted by atomic mass is 35.5. The first-order chi connectivity index (χ1) is 8.15. The molecule has 0 aliphatic rings. The van der Waals surface area contributed by atoms with Crippen molar-refractivity contribution in [3.05, 3.63) is 47.6 Å². The number of ether oxygens (including phenoxy) is 1. The van der Waals surface area contributed by atoms with Crippen LogP contribution in [0.5, 0.6) is 11.5 Å². The van der Waals surface area contributed by atoms with Gasteiger partial charge in [0, 0.05) is 11.2 Å². The molecule has 2 rings (SSSR count).